The first-order valence-electron chi connectivity index (χ1n) is 20.0. The minimum absolute atomic E-state index is 0.694. The Balaban J connectivity index is 0.973. The van der Waals surface area contributed by atoms with E-state index in [1.54, 1.807) is 0 Å². The van der Waals surface area contributed by atoms with Crippen molar-refractivity contribution in [2.24, 2.45) is 0 Å². The van der Waals surface area contributed by atoms with Crippen molar-refractivity contribution in [3.63, 3.8) is 0 Å². The highest BCUT2D eigenvalue weighted by Crippen LogP contribution is 2.40. The SMILES string of the molecule is c1ccc(-c2ccc(-c3cc(-c4ccccc4)nc(-c4ccc(-c5ccc(N(c6ccc(-c7ccccc7)cc6)c6cccc7ccccc67)cc5)cc4)n3)cc2)cc1. The van der Waals surface area contributed by atoms with Gasteiger partial charge in [-0.2, -0.15) is 0 Å². The largest absolute Gasteiger partial charge is 0.310 e. The lowest BCUT2D eigenvalue weighted by atomic mass is 10.0. The Hall–Kier alpha value is -7.88. The van der Waals surface area contributed by atoms with E-state index in [4.69, 9.17) is 9.97 Å². The number of hydrogen-bond acceptors (Lipinski definition) is 3. The molecular weight excluding hydrogens is 715 g/mol. The predicted molar refractivity (Wildman–Crippen MR) is 247 cm³/mol. The Bertz CT molecular complexity index is 2980. The van der Waals surface area contributed by atoms with Gasteiger partial charge in [0.2, 0.25) is 0 Å². The van der Waals surface area contributed by atoms with Crippen molar-refractivity contribution in [3.05, 3.63) is 237 Å². The van der Waals surface area contributed by atoms with Gasteiger partial charge in [0.05, 0.1) is 17.1 Å². The van der Waals surface area contributed by atoms with Crippen LogP contribution in [0.2, 0.25) is 0 Å². The van der Waals surface area contributed by atoms with Gasteiger partial charge in [0.1, 0.15) is 0 Å². The van der Waals surface area contributed by atoms with Crippen molar-refractivity contribution in [1.82, 2.24) is 9.97 Å². The molecule has 0 N–H and O–H groups in total. The second-order valence-electron chi connectivity index (χ2n) is 14.6. The second-order valence-corrected chi connectivity index (χ2v) is 14.6. The molecule has 0 spiro atoms. The minimum Gasteiger partial charge on any atom is -0.310 e. The number of benzene rings is 9. The maximum Gasteiger partial charge on any atom is 0.160 e. The lowest BCUT2D eigenvalue weighted by Gasteiger charge is -2.27. The highest BCUT2D eigenvalue weighted by Gasteiger charge is 2.17. The molecule has 278 valence electrons. The number of anilines is 3. The molecular formula is C56H39N3. The average molecular weight is 754 g/mol. The summed E-state index contributed by atoms with van der Waals surface area (Å²) in [5.41, 5.74) is 15.2. The van der Waals surface area contributed by atoms with E-state index >= 15 is 0 Å². The Kier molecular flexibility index (Phi) is 9.59. The van der Waals surface area contributed by atoms with Crippen LogP contribution in [0.3, 0.4) is 0 Å². The molecule has 3 nitrogen and oxygen atoms in total. The fraction of sp³-hybridized carbons (Fsp3) is 0. The van der Waals surface area contributed by atoms with E-state index in [9.17, 15) is 0 Å². The van der Waals surface area contributed by atoms with Crippen molar-refractivity contribution in [2.75, 3.05) is 4.90 Å². The molecule has 0 aliphatic rings. The number of fused-ring (bicyclic) bond motifs is 1. The summed E-state index contributed by atoms with van der Waals surface area (Å²) in [6, 6.07) is 83.5. The van der Waals surface area contributed by atoms with Crippen LogP contribution >= 0.6 is 0 Å². The third-order valence-corrected chi connectivity index (χ3v) is 10.9. The summed E-state index contributed by atoms with van der Waals surface area (Å²) in [5.74, 6) is 0.694. The quantitative estimate of drug-likeness (QED) is 0.147. The summed E-state index contributed by atoms with van der Waals surface area (Å²) in [7, 11) is 0. The van der Waals surface area contributed by atoms with Gasteiger partial charge in [0, 0.05) is 33.5 Å². The van der Waals surface area contributed by atoms with Gasteiger partial charge < -0.3 is 4.90 Å². The van der Waals surface area contributed by atoms with Gasteiger partial charge in [0.15, 0.2) is 5.82 Å². The van der Waals surface area contributed by atoms with Crippen molar-refractivity contribution in [1.29, 1.82) is 0 Å². The molecule has 0 saturated carbocycles. The minimum atomic E-state index is 0.694. The van der Waals surface area contributed by atoms with Gasteiger partial charge >= 0.3 is 0 Å². The van der Waals surface area contributed by atoms with E-state index in [2.05, 4.69) is 229 Å². The lowest BCUT2D eigenvalue weighted by molar-refractivity contribution is 1.18. The normalized spacial score (nSPS) is 11.1. The first kappa shape index (κ1) is 35.5. The molecule has 1 heterocycles. The molecule has 9 aromatic carbocycles. The van der Waals surface area contributed by atoms with Crippen LogP contribution in [0.4, 0.5) is 17.1 Å². The van der Waals surface area contributed by atoms with Crippen LogP contribution in [0.5, 0.6) is 0 Å². The van der Waals surface area contributed by atoms with E-state index in [0.717, 1.165) is 56.3 Å². The fourth-order valence-corrected chi connectivity index (χ4v) is 7.82. The van der Waals surface area contributed by atoms with Gasteiger partial charge in [-0.3, -0.25) is 0 Å². The molecule has 0 amide bonds. The summed E-state index contributed by atoms with van der Waals surface area (Å²) in [5, 5.41) is 2.41. The number of nitrogens with zero attached hydrogens (tertiary/aromatic N) is 3. The molecule has 0 aliphatic carbocycles. The summed E-state index contributed by atoms with van der Waals surface area (Å²) >= 11 is 0. The summed E-state index contributed by atoms with van der Waals surface area (Å²) in [4.78, 5) is 12.6. The van der Waals surface area contributed by atoms with Gasteiger partial charge in [0.25, 0.3) is 0 Å². The van der Waals surface area contributed by atoms with Crippen LogP contribution in [0.15, 0.2) is 237 Å². The Labute approximate surface area is 345 Å². The zero-order valence-corrected chi connectivity index (χ0v) is 32.4. The second kappa shape index (κ2) is 15.9. The molecule has 0 atom stereocenters. The van der Waals surface area contributed by atoms with Crippen LogP contribution in [-0.4, -0.2) is 9.97 Å². The van der Waals surface area contributed by atoms with Gasteiger partial charge in [-0.1, -0.05) is 200 Å². The lowest BCUT2D eigenvalue weighted by Crippen LogP contribution is -2.10. The van der Waals surface area contributed by atoms with E-state index in [-0.39, 0.29) is 0 Å². The predicted octanol–water partition coefficient (Wildman–Crippen LogP) is 15.1. The highest BCUT2D eigenvalue weighted by molar-refractivity contribution is 5.99. The zero-order valence-electron chi connectivity index (χ0n) is 32.4. The maximum absolute atomic E-state index is 5.12. The Morgan fingerprint density at radius 1 is 0.271 bits per heavy atom. The number of hydrogen-bond donors (Lipinski definition) is 0. The highest BCUT2D eigenvalue weighted by atomic mass is 15.1. The monoisotopic (exact) mass is 753 g/mol. The zero-order chi connectivity index (χ0) is 39.4. The van der Waals surface area contributed by atoms with Crippen LogP contribution in [0.1, 0.15) is 0 Å². The molecule has 0 aliphatic heterocycles. The molecule has 0 unspecified atom stereocenters. The average Bonchev–Trinajstić information content (AvgIpc) is 3.33. The molecule has 0 saturated heterocycles. The maximum atomic E-state index is 5.12. The molecule has 0 radical (unpaired) electrons. The van der Waals surface area contributed by atoms with Gasteiger partial charge in [-0.05, 0) is 75.2 Å². The molecule has 1 aromatic heterocycles. The molecule has 3 heteroatoms. The summed E-state index contributed by atoms with van der Waals surface area (Å²) in [6.45, 7) is 0. The van der Waals surface area contributed by atoms with Crippen LogP contribution < -0.4 is 4.90 Å². The van der Waals surface area contributed by atoms with E-state index < -0.39 is 0 Å². The molecule has 0 bridgehead atoms. The molecule has 10 aromatic rings. The fourth-order valence-electron chi connectivity index (χ4n) is 7.82. The molecule has 59 heavy (non-hydrogen) atoms. The van der Waals surface area contributed by atoms with E-state index in [1.807, 2.05) is 12.1 Å². The first-order valence-corrected chi connectivity index (χ1v) is 20.0. The smallest absolute Gasteiger partial charge is 0.160 e. The van der Waals surface area contributed by atoms with E-state index in [0.29, 0.717) is 5.82 Å². The third kappa shape index (κ3) is 7.41. The van der Waals surface area contributed by atoms with Gasteiger partial charge in [-0.15, -0.1) is 0 Å². The van der Waals surface area contributed by atoms with E-state index in [1.165, 1.54) is 33.0 Å². The topological polar surface area (TPSA) is 29.0 Å². The van der Waals surface area contributed by atoms with Crippen molar-refractivity contribution in [2.45, 2.75) is 0 Å². The molecule has 0 fully saturated rings. The van der Waals surface area contributed by atoms with Crippen LogP contribution in [0, 0.1) is 0 Å². The first-order chi connectivity index (χ1) is 29.2. The third-order valence-electron chi connectivity index (χ3n) is 10.9. The molecule has 10 rings (SSSR count). The number of aromatic nitrogens is 2. The summed E-state index contributed by atoms with van der Waals surface area (Å²) < 4.78 is 0. The number of rotatable bonds is 9. The van der Waals surface area contributed by atoms with Gasteiger partial charge in [-0.25, -0.2) is 9.97 Å². The summed E-state index contributed by atoms with van der Waals surface area (Å²) in [6.07, 6.45) is 0. The van der Waals surface area contributed by atoms with Crippen LogP contribution in [0.25, 0.3) is 78.1 Å². The van der Waals surface area contributed by atoms with Crippen molar-refractivity contribution in [3.8, 4) is 67.3 Å². The van der Waals surface area contributed by atoms with Crippen molar-refractivity contribution >= 4 is 27.8 Å². The Morgan fingerprint density at radius 3 is 1.14 bits per heavy atom. The van der Waals surface area contributed by atoms with Crippen molar-refractivity contribution < 1.29 is 0 Å². The Morgan fingerprint density at radius 2 is 0.627 bits per heavy atom. The van der Waals surface area contributed by atoms with Crippen LogP contribution in [-0.2, 0) is 0 Å². The standard InChI is InChI=1S/C56H39N3/c1-4-13-40(14-5-1)42-23-27-48(28-24-42)54-39-53(47-18-8-3-9-19-47)57-56(58-54)49-29-25-43(26-30-49)45-33-37-51(38-34-45)59(55-22-12-20-46-17-10-11-21-52(46)55)50-35-31-44(32-36-50)41-15-6-2-7-16-41/h1-39H.